The summed E-state index contributed by atoms with van der Waals surface area (Å²) in [7, 11) is 0. The fraction of sp³-hybridized carbons (Fsp3) is 0.857. The highest BCUT2D eigenvalue weighted by molar-refractivity contribution is 5.81. The Morgan fingerprint density at radius 1 is 1.05 bits per heavy atom. The van der Waals surface area contributed by atoms with E-state index in [9.17, 15) is 9.59 Å². The molecule has 3 rings (SSSR count). The second kappa shape index (κ2) is 5.12. The van der Waals surface area contributed by atoms with Crippen molar-refractivity contribution in [3.8, 4) is 0 Å². The molecule has 1 amide bonds. The SMILES string of the molecule is O=C(O)[C@H]1CC[C@@H](C(=O)NC2CCN3CCCC23)C1. The molecule has 0 aromatic carbocycles. The molecule has 19 heavy (non-hydrogen) atoms. The molecular formula is C14H22N2O3. The fourth-order valence-electron chi connectivity index (χ4n) is 4.00. The van der Waals surface area contributed by atoms with Crippen LogP contribution in [0.15, 0.2) is 0 Å². The van der Waals surface area contributed by atoms with Crippen molar-refractivity contribution in [1.29, 1.82) is 0 Å². The van der Waals surface area contributed by atoms with Gasteiger partial charge in [-0.3, -0.25) is 14.5 Å². The number of hydrogen-bond acceptors (Lipinski definition) is 3. The molecule has 2 heterocycles. The molecule has 0 aromatic rings. The predicted octanol–water partition coefficient (Wildman–Crippen LogP) is 0.840. The topological polar surface area (TPSA) is 69.6 Å². The van der Waals surface area contributed by atoms with Gasteiger partial charge in [0.05, 0.1) is 5.92 Å². The van der Waals surface area contributed by atoms with E-state index >= 15 is 0 Å². The first-order valence-corrected chi connectivity index (χ1v) is 7.42. The number of carboxylic acids is 1. The minimum atomic E-state index is -0.752. The van der Waals surface area contributed by atoms with Crippen LogP contribution < -0.4 is 5.32 Å². The number of hydrogen-bond donors (Lipinski definition) is 2. The van der Waals surface area contributed by atoms with Crippen LogP contribution in [0.5, 0.6) is 0 Å². The molecule has 5 heteroatoms. The molecule has 5 nitrogen and oxygen atoms in total. The summed E-state index contributed by atoms with van der Waals surface area (Å²) < 4.78 is 0. The van der Waals surface area contributed by atoms with Crippen LogP contribution in [0.1, 0.15) is 38.5 Å². The zero-order chi connectivity index (χ0) is 13.4. The Hall–Kier alpha value is -1.10. The lowest BCUT2D eigenvalue weighted by molar-refractivity contribution is -0.141. The maximum Gasteiger partial charge on any atom is 0.306 e. The molecule has 0 radical (unpaired) electrons. The highest BCUT2D eigenvalue weighted by Crippen LogP contribution is 2.32. The van der Waals surface area contributed by atoms with E-state index in [1.807, 2.05) is 0 Å². The van der Waals surface area contributed by atoms with Crippen LogP contribution in [0, 0.1) is 11.8 Å². The lowest BCUT2D eigenvalue weighted by atomic mass is 10.0. The van der Waals surface area contributed by atoms with Crippen molar-refractivity contribution in [3.63, 3.8) is 0 Å². The number of carbonyl (C=O) groups is 2. The van der Waals surface area contributed by atoms with E-state index in [1.165, 1.54) is 19.4 Å². The van der Waals surface area contributed by atoms with Gasteiger partial charge in [-0.2, -0.15) is 0 Å². The van der Waals surface area contributed by atoms with Crippen molar-refractivity contribution in [1.82, 2.24) is 10.2 Å². The van der Waals surface area contributed by atoms with Crippen LogP contribution in [0.3, 0.4) is 0 Å². The Morgan fingerprint density at radius 3 is 2.58 bits per heavy atom. The number of aliphatic carboxylic acids is 1. The Bertz CT molecular complexity index is 385. The summed E-state index contributed by atoms with van der Waals surface area (Å²) in [5.74, 6) is -1.07. The Kier molecular flexibility index (Phi) is 3.48. The predicted molar refractivity (Wildman–Crippen MR) is 69.6 cm³/mol. The molecule has 3 aliphatic rings. The van der Waals surface area contributed by atoms with E-state index in [0.29, 0.717) is 24.9 Å². The van der Waals surface area contributed by atoms with Gasteiger partial charge < -0.3 is 10.4 Å². The normalized spacial score (nSPS) is 38.3. The van der Waals surface area contributed by atoms with Crippen LogP contribution in [0.2, 0.25) is 0 Å². The third-order valence-electron chi connectivity index (χ3n) is 5.09. The van der Waals surface area contributed by atoms with Crippen molar-refractivity contribution < 1.29 is 14.7 Å². The molecule has 3 fully saturated rings. The maximum atomic E-state index is 12.2. The van der Waals surface area contributed by atoms with Gasteiger partial charge in [-0.25, -0.2) is 0 Å². The van der Waals surface area contributed by atoms with Gasteiger partial charge in [-0.15, -0.1) is 0 Å². The van der Waals surface area contributed by atoms with E-state index in [2.05, 4.69) is 10.2 Å². The van der Waals surface area contributed by atoms with Crippen molar-refractivity contribution in [2.75, 3.05) is 13.1 Å². The number of nitrogens with one attached hydrogen (secondary N) is 1. The third kappa shape index (κ3) is 2.48. The molecular weight excluding hydrogens is 244 g/mol. The first-order valence-electron chi connectivity index (χ1n) is 7.42. The monoisotopic (exact) mass is 266 g/mol. The minimum absolute atomic E-state index is 0.0856. The van der Waals surface area contributed by atoms with Crippen LogP contribution in [0.25, 0.3) is 0 Å². The van der Waals surface area contributed by atoms with Crippen molar-refractivity contribution in [2.45, 2.75) is 50.6 Å². The second-order valence-electron chi connectivity index (χ2n) is 6.19. The number of nitrogens with zero attached hydrogens (tertiary/aromatic N) is 1. The Labute approximate surface area is 113 Å². The molecule has 106 valence electrons. The maximum absolute atomic E-state index is 12.2. The summed E-state index contributed by atoms with van der Waals surface area (Å²) in [6.07, 6.45) is 5.36. The van der Waals surface area contributed by atoms with E-state index in [1.54, 1.807) is 0 Å². The molecule has 2 unspecified atom stereocenters. The molecule has 4 atom stereocenters. The largest absolute Gasteiger partial charge is 0.481 e. The van der Waals surface area contributed by atoms with Crippen LogP contribution in [-0.4, -0.2) is 47.1 Å². The average Bonchev–Trinajstić information content (AvgIpc) is 3.05. The van der Waals surface area contributed by atoms with Gasteiger partial charge in [0.1, 0.15) is 0 Å². The number of fused-ring (bicyclic) bond motifs is 1. The van der Waals surface area contributed by atoms with Crippen molar-refractivity contribution in [3.05, 3.63) is 0 Å². The zero-order valence-electron chi connectivity index (χ0n) is 11.2. The molecule has 0 aromatic heterocycles. The third-order valence-corrected chi connectivity index (χ3v) is 5.09. The van der Waals surface area contributed by atoms with Gasteiger partial charge in [0.25, 0.3) is 0 Å². The lowest BCUT2D eigenvalue weighted by Gasteiger charge is -2.22. The van der Waals surface area contributed by atoms with Gasteiger partial charge in [0.15, 0.2) is 0 Å². The molecule has 2 aliphatic heterocycles. The smallest absolute Gasteiger partial charge is 0.306 e. The van der Waals surface area contributed by atoms with Crippen LogP contribution in [0.4, 0.5) is 0 Å². The molecule has 2 saturated heterocycles. The van der Waals surface area contributed by atoms with Crippen molar-refractivity contribution >= 4 is 11.9 Å². The summed E-state index contributed by atoms with van der Waals surface area (Å²) in [5.41, 5.74) is 0. The molecule has 0 spiro atoms. The summed E-state index contributed by atoms with van der Waals surface area (Å²) in [5, 5.41) is 12.2. The fourth-order valence-corrected chi connectivity index (χ4v) is 4.00. The van der Waals surface area contributed by atoms with Crippen LogP contribution >= 0.6 is 0 Å². The number of carbonyl (C=O) groups excluding carboxylic acids is 1. The zero-order valence-corrected chi connectivity index (χ0v) is 11.2. The Balaban J connectivity index is 1.53. The highest BCUT2D eigenvalue weighted by Gasteiger charge is 2.40. The van der Waals surface area contributed by atoms with Gasteiger partial charge in [0, 0.05) is 24.5 Å². The molecule has 2 N–H and O–H groups in total. The minimum Gasteiger partial charge on any atom is -0.481 e. The van der Waals surface area contributed by atoms with E-state index in [4.69, 9.17) is 5.11 Å². The Morgan fingerprint density at radius 2 is 1.84 bits per heavy atom. The van der Waals surface area contributed by atoms with Crippen molar-refractivity contribution in [2.24, 2.45) is 11.8 Å². The number of rotatable bonds is 3. The number of carboxylic acid groups (broad SMARTS) is 1. The van der Waals surface area contributed by atoms with Gasteiger partial charge >= 0.3 is 5.97 Å². The summed E-state index contributed by atoms with van der Waals surface area (Å²) >= 11 is 0. The summed E-state index contributed by atoms with van der Waals surface area (Å²) in [6.45, 7) is 2.26. The molecule has 0 bridgehead atoms. The molecule has 1 saturated carbocycles. The van der Waals surface area contributed by atoms with Gasteiger partial charge in [0.2, 0.25) is 5.91 Å². The van der Waals surface area contributed by atoms with Crippen LogP contribution in [-0.2, 0) is 9.59 Å². The van der Waals surface area contributed by atoms with E-state index in [-0.39, 0.29) is 17.7 Å². The quantitative estimate of drug-likeness (QED) is 0.794. The highest BCUT2D eigenvalue weighted by atomic mass is 16.4. The van der Waals surface area contributed by atoms with E-state index < -0.39 is 5.97 Å². The molecule has 1 aliphatic carbocycles. The first kappa shape index (κ1) is 12.9. The van der Waals surface area contributed by atoms with E-state index in [0.717, 1.165) is 19.4 Å². The first-order chi connectivity index (χ1) is 9.15. The van der Waals surface area contributed by atoms with Gasteiger partial charge in [-0.05, 0) is 45.1 Å². The summed E-state index contributed by atoms with van der Waals surface area (Å²) in [4.78, 5) is 25.6. The summed E-state index contributed by atoms with van der Waals surface area (Å²) in [6, 6.07) is 0.819. The average molecular weight is 266 g/mol. The lowest BCUT2D eigenvalue weighted by Crippen LogP contribution is -2.44. The van der Waals surface area contributed by atoms with Gasteiger partial charge in [-0.1, -0.05) is 0 Å². The standard InChI is InChI=1S/C14H22N2O3/c17-13(9-3-4-10(8-9)14(18)19)15-11-5-7-16-6-1-2-12(11)16/h9-12H,1-8H2,(H,15,17)(H,18,19)/t9-,10+,11?,12?/m1/s1. The second-order valence-corrected chi connectivity index (χ2v) is 6.19. The number of amides is 1.